The first-order valence-corrected chi connectivity index (χ1v) is 8.93. The smallest absolute Gasteiger partial charge is 0.241 e. The summed E-state index contributed by atoms with van der Waals surface area (Å²) >= 11 is 0. The summed E-state index contributed by atoms with van der Waals surface area (Å²) in [7, 11) is -3.44. The van der Waals surface area contributed by atoms with E-state index in [0.29, 0.717) is 26.1 Å². The zero-order chi connectivity index (χ0) is 15.5. The van der Waals surface area contributed by atoms with Gasteiger partial charge in [-0.05, 0) is 47.5 Å². The van der Waals surface area contributed by atoms with Crippen molar-refractivity contribution >= 4 is 15.7 Å². The molecule has 0 aliphatic carbocycles. The third kappa shape index (κ3) is 3.73. The fourth-order valence-electron chi connectivity index (χ4n) is 2.75. The van der Waals surface area contributed by atoms with Crippen LogP contribution in [0.2, 0.25) is 0 Å². The molecule has 5 nitrogen and oxygen atoms in total. The molecule has 0 N–H and O–H groups in total. The molecule has 1 aliphatic heterocycles. The summed E-state index contributed by atoms with van der Waals surface area (Å²) in [6.07, 6.45) is 0.979. The van der Waals surface area contributed by atoms with Crippen molar-refractivity contribution in [2.75, 3.05) is 13.2 Å². The number of ether oxygens (including phenoxy) is 1. The summed E-state index contributed by atoms with van der Waals surface area (Å²) in [6.45, 7) is 10.1. The molecule has 1 rings (SSSR count). The molecule has 1 fully saturated rings. The lowest BCUT2D eigenvalue weighted by molar-refractivity contribution is -0.134. The molecule has 1 amide bonds. The molecule has 20 heavy (non-hydrogen) atoms. The summed E-state index contributed by atoms with van der Waals surface area (Å²) in [5.41, 5.74) is 0. The molecule has 0 aromatic heterocycles. The molecule has 1 aliphatic rings. The normalized spacial score (nSPS) is 19.4. The van der Waals surface area contributed by atoms with Crippen molar-refractivity contribution in [2.24, 2.45) is 0 Å². The number of rotatable bonds is 5. The molecule has 0 radical (unpaired) electrons. The lowest BCUT2D eigenvalue weighted by atomic mass is 10.2. The summed E-state index contributed by atoms with van der Waals surface area (Å²) < 4.78 is 30.3. The second kappa shape index (κ2) is 6.89. The maximum Gasteiger partial charge on any atom is 0.241 e. The van der Waals surface area contributed by atoms with Crippen molar-refractivity contribution < 1.29 is 17.9 Å². The third-order valence-corrected chi connectivity index (χ3v) is 6.43. The SMILES string of the molecule is CC(C)N(C(=O)C(C)S(=O)(=O)C1CCOCC1)C(C)C. The number of hydrogen-bond donors (Lipinski definition) is 0. The van der Waals surface area contributed by atoms with Crippen LogP contribution in [0.25, 0.3) is 0 Å². The Balaban J connectivity index is 2.91. The minimum Gasteiger partial charge on any atom is -0.381 e. The monoisotopic (exact) mass is 305 g/mol. The van der Waals surface area contributed by atoms with E-state index in [0.717, 1.165) is 0 Å². The second-order valence-corrected chi connectivity index (χ2v) is 8.53. The van der Waals surface area contributed by atoms with Gasteiger partial charge in [0.2, 0.25) is 5.91 Å². The molecule has 0 aromatic rings. The van der Waals surface area contributed by atoms with E-state index in [1.165, 1.54) is 6.92 Å². The third-order valence-electron chi connectivity index (χ3n) is 3.84. The van der Waals surface area contributed by atoms with E-state index in [9.17, 15) is 13.2 Å². The van der Waals surface area contributed by atoms with E-state index >= 15 is 0 Å². The van der Waals surface area contributed by atoms with Crippen LogP contribution in [0.1, 0.15) is 47.5 Å². The first-order chi connectivity index (χ1) is 9.19. The van der Waals surface area contributed by atoms with Gasteiger partial charge in [-0.15, -0.1) is 0 Å². The van der Waals surface area contributed by atoms with Gasteiger partial charge in [-0.25, -0.2) is 8.42 Å². The molecule has 0 saturated carbocycles. The van der Waals surface area contributed by atoms with Gasteiger partial charge in [0.15, 0.2) is 9.84 Å². The molecular weight excluding hydrogens is 278 g/mol. The van der Waals surface area contributed by atoms with E-state index in [1.54, 1.807) is 4.90 Å². The Kier molecular flexibility index (Phi) is 6.01. The Bertz CT molecular complexity index is 416. The van der Waals surface area contributed by atoms with Gasteiger partial charge < -0.3 is 9.64 Å². The molecule has 118 valence electrons. The molecule has 1 unspecified atom stereocenters. The quantitative estimate of drug-likeness (QED) is 0.774. The average Bonchev–Trinajstić information content (AvgIpc) is 2.37. The Morgan fingerprint density at radius 2 is 1.50 bits per heavy atom. The van der Waals surface area contributed by atoms with Crippen LogP contribution in [0.15, 0.2) is 0 Å². The van der Waals surface area contributed by atoms with E-state index in [4.69, 9.17) is 4.74 Å². The van der Waals surface area contributed by atoms with Crippen LogP contribution < -0.4 is 0 Å². The highest BCUT2D eigenvalue weighted by atomic mass is 32.2. The van der Waals surface area contributed by atoms with Gasteiger partial charge in [0, 0.05) is 25.3 Å². The van der Waals surface area contributed by atoms with Crippen LogP contribution in [-0.4, -0.2) is 55.0 Å². The predicted octanol–water partition coefficient (Wildman–Crippen LogP) is 1.61. The van der Waals surface area contributed by atoms with Crippen molar-refractivity contribution in [3.63, 3.8) is 0 Å². The highest BCUT2D eigenvalue weighted by molar-refractivity contribution is 7.93. The Morgan fingerprint density at radius 3 is 1.90 bits per heavy atom. The van der Waals surface area contributed by atoms with Crippen molar-refractivity contribution in [3.05, 3.63) is 0 Å². The highest BCUT2D eigenvalue weighted by Gasteiger charge is 2.39. The van der Waals surface area contributed by atoms with Crippen molar-refractivity contribution in [1.82, 2.24) is 4.90 Å². The van der Waals surface area contributed by atoms with Gasteiger partial charge in [-0.1, -0.05) is 0 Å². The molecule has 1 atom stereocenters. The maximum atomic E-state index is 12.6. The van der Waals surface area contributed by atoms with Crippen LogP contribution in [0.5, 0.6) is 0 Å². The highest BCUT2D eigenvalue weighted by Crippen LogP contribution is 2.22. The second-order valence-electron chi connectivity index (χ2n) is 5.98. The molecule has 0 bridgehead atoms. The van der Waals surface area contributed by atoms with Crippen molar-refractivity contribution in [1.29, 1.82) is 0 Å². The summed E-state index contributed by atoms with van der Waals surface area (Å²) in [6, 6.07) is -0.00956. The Hall–Kier alpha value is -0.620. The first kappa shape index (κ1) is 17.4. The lowest BCUT2D eigenvalue weighted by Crippen LogP contribution is -2.50. The standard InChI is InChI=1S/C14H27NO4S/c1-10(2)15(11(3)4)14(16)12(5)20(17,18)13-6-8-19-9-7-13/h10-13H,6-9H2,1-5H3. The zero-order valence-corrected chi connectivity index (χ0v) is 13.9. The lowest BCUT2D eigenvalue weighted by Gasteiger charge is -2.34. The van der Waals surface area contributed by atoms with Crippen LogP contribution in [-0.2, 0) is 19.4 Å². The van der Waals surface area contributed by atoms with Gasteiger partial charge >= 0.3 is 0 Å². The fraction of sp³-hybridized carbons (Fsp3) is 0.929. The van der Waals surface area contributed by atoms with Gasteiger partial charge in [-0.2, -0.15) is 0 Å². The van der Waals surface area contributed by atoms with Crippen LogP contribution in [0, 0.1) is 0 Å². The summed E-state index contributed by atoms with van der Waals surface area (Å²) in [5, 5.41) is -1.42. The average molecular weight is 305 g/mol. The van der Waals surface area contributed by atoms with Crippen molar-refractivity contribution in [2.45, 2.75) is 70.0 Å². The minimum atomic E-state index is -3.44. The predicted molar refractivity (Wildman–Crippen MR) is 79.3 cm³/mol. The van der Waals surface area contributed by atoms with E-state index in [-0.39, 0.29) is 18.0 Å². The van der Waals surface area contributed by atoms with Gasteiger partial charge in [0.1, 0.15) is 5.25 Å². The summed E-state index contributed by atoms with van der Waals surface area (Å²) in [5.74, 6) is -0.290. The van der Waals surface area contributed by atoms with Gasteiger partial charge in [-0.3, -0.25) is 4.79 Å². The number of carbonyl (C=O) groups excluding carboxylic acids is 1. The van der Waals surface area contributed by atoms with Crippen LogP contribution in [0.4, 0.5) is 0 Å². The Morgan fingerprint density at radius 1 is 1.05 bits per heavy atom. The van der Waals surface area contributed by atoms with Crippen molar-refractivity contribution in [3.8, 4) is 0 Å². The van der Waals surface area contributed by atoms with E-state index in [1.807, 2.05) is 27.7 Å². The number of sulfone groups is 1. The van der Waals surface area contributed by atoms with Crippen LogP contribution in [0.3, 0.4) is 0 Å². The fourth-order valence-corrected chi connectivity index (χ4v) is 4.58. The van der Waals surface area contributed by atoms with Gasteiger partial charge in [0.05, 0.1) is 5.25 Å². The minimum absolute atomic E-state index is 0.00478. The molecule has 1 heterocycles. The number of hydrogen-bond acceptors (Lipinski definition) is 4. The molecule has 0 spiro atoms. The number of carbonyl (C=O) groups is 1. The first-order valence-electron chi connectivity index (χ1n) is 7.32. The molecular formula is C14H27NO4S. The molecule has 0 aromatic carbocycles. The molecule has 6 heteroatoms. The Labute approximate surface area is 122 Å². The zero-order valence-electron chi connectivity index (χ0n) is 13.1. The van der Waals surface area contributed by atoms with E-state index < -0.39 is 20.3 Å². The maximum absolute atomic E-state index is 12.6. The summed E-state index contributed by atoms with van der Waals surface area (Å²) in [4.78, 5) is 14.2. The number of nitrogens with zero attached hydrogens (tertiary/aromatic N) is 1. The van der Waals surface area contributed by atoms with Gasteiger partial charge in [0.25, 0.3) is 0 Å². The number of amides is 1. The van der Waals surface area contributed by atoms with E-state index in [2.05, 4.69) is 0 Å². The van der Waals surface area contributed by atoms with Crippen LogP contribution >= 0.6 is 0 Å². The topological polar surface area (TPSA) is 63.7 Å². The molecule has 1 saturated heterocycles. The largest absolute Gasteiger partial charge is 0.381 e.